The first kappa shape index (κ1) is 12.0. The summed E-state index contributed by atoms with van der Waals surface area (Å²) in [5, 5.41) is 3.55. The molecule has 18 heavy (non-hydrogen) atoms. The molecule has 0 saturated heterocycles. The first-order valence-electron chi connectivity index (χ1n) is 7.08. The van der Waals surface area contributed by atoms with Crippen molar-refractivity contribution in [2.24, 2.45) is 17.8 Å². The summed E-state index contributed by atoms with van der Waals surface area (Å²) in [7, 11) is 3.83. The Morgan fingerprint density at radius 3 is 2.56 bits per heavy atom. The lowest BCUT2D eigenvalue weighted by Crippen LogP contribution is -2.21. The molecule has 2 aliphatic carbocycles. The highest BCUT2D eigenvalue weighted by Crippen LogP contribution is 2.62. The Bertz CT molecular complexity index is 433. The Morgan fingerprint density at radius 2 is 2.00 bits per heavy atom. The molecule has 2 heteroatoms. The van der Waals surface area contributed by atoms with E-state index in [0.29, 0.717) is 6.04 Å². The summed E-state index contributed by atoms with van der Waals surface area (Å²) in [5.74, 6) is 3.81. The van der Waals surface area contributed by atoms with Crippen LogP contribution in [0.4, 0.5) is 0 Å². The Hall–Kier alpha value is -1.02. The lowest BCUT2D eigenvalue weighted by Gasteiger charge is -2.21. The number of benzene rings is 1. The highest BCUT2D eigenvalue weighted by atomic mass is 16.5. The van der Waals surface area contributed by atoms with Crippen LogP contribution in [0.1, 0.15) is 36.4 Å². The molecule has 1 aromatic rings. The van der Waals surface area contributed by atoms with Gasteiger partial charge in [0.25, 0.3) is 0 Å². The third kappa shape index (κ3) is 1.83. The van der Waals surface area contributed by atoms with Gasteiger partial charge in [-0.05, 0) is 67.8 Å². The summed E-state index contributed by atoms with van der Waals surface area (Å²) in [6, 6.07) is 7.01. The Balaban J connectivity index is 1.83. The molecule has 3 atom stereocenters. The SMILES string of the molecule is CNC(c1ccc(OC)cc1C)C1C2CCCC21. The van der Waals surface area contributed by atoms with Gasteiger partial charge in [0.15, 0.2) is 0 Å². The van der Waals surface area contributed by atoms with E-state index >= 15 is 0 Å². The second-order valence-electron chi connectivity index (χ2n) is 5.82. The number of fused-ring (bicyclic) bond motifs is 1. The average molecular weight is 245 g/mol. The van der Waals surface area contributed by atoms with E-state index in [1.165, 1.54) is 30.4 Å². The second kappa shape index (κ2) is 4.58. The summed E-state index contributed by atoms with van der Waals surface area (Å²) in [6.07, 6.45) is 4.34. The first-order valence-corrected chi connectivity index (χ1v) is 7.08. The van der Waals surface area contributed by atoms with Crippen molar-refractivity contribution in [2.75, 3.05) is 14.2 Å². The van der Waals surface area contributed by atoms with Gasteiger partial charge in [0.05, 0.1) is 7.11 Å². The molecule has 3 rings (SSSR count). The molecule has 1 aromatic carbocycles. The van der Waals surface area contributed by atoms with Crippen molar-refractivity contribution in [3.63, 3.8) is 0 Å². The summed E-state index contributed by atoms with van der Waals surface area (Å²) in [6.45, 7) is 2.19. The smallest absolute Gasteiger partial charge is 0.119 e. The average Bonchev–Trinajstić information content (AvgIpc) is 2.85. The number of methoxy groups -OCH3 is 1. The molecule has 0 aliphatic heterocycles. The van der Waals surface area contributed by atoms with E-state index in [2.05, 4.69) is 37.5 Å². The molecule has 3 unspecified atom stereocenters. The van der Waals surface area contributed by atoms with Crippen molar-refractivity contribution < 1.29 is 4.74 Å². The van der Waals surface area contributed by atoms with Crippen LogP contribution in [0.15, 0.2) is 18.2 Å². The molecule has 1 N–H and O–H groups in total. The number of hydrogen-bond donors (Lipinski definition) is 1. The molecular weight excluding hydrogens is 222 g/mol. The van der Waals surface area contributed by atoms with E-state index in [-0.39, 0.29) is 0 Å². The number of rotatable bonds is 4. The Morgan fingerprint density at radius 1 is 1.28 bits per heavy atom. The number of aryl methyl sites for hydroxylation is 1. The fourth-order valence-electron chi connectivity index (χ4n) is 4.05. The molecule has 0 amide bonds. The van der Waals surface area contributed by atoms with E-state index in [4.69, 9.17) is 4.74 Å². The lowest BCUT2D eigenvalue weighted by atomic mass is 9.93. The Kier molecular flexibility index (Phi) is 3.06. The number of ether oxygens (including phenoxy) is 1. The molecule has 98 valence electrons. The monoisotopic (exact) mass is 245 g/mol. The molecular formula is C16H23NO. The predicted molar refractivity (Wildman–Crippen MR) is 73.9 cm³/mol. The minimum absolute atomic E-state index is 0.534. The van der Waals surface area contributed by atoms with Crippen LogP contribution in [0, 0.1) is 24.7 Å². The summed E-state index contributed by atoms with van der Waals surface area (Å²) in [5.41, 5.74) is 2.80. The van der Waals surface area contributed by atoms with Crippen LogP contribution in [0.2, 0.25) is 0 Å². The summed E-state index contributed by atoms with van der Waals surface area (Å²) in [4.78, 5) is 0. The van der Waals surface area contributed by atoms with E-state index in [1.807, 2.05) is 0 Å². The van der Waals surface area contributed by atoms with Crippen LogP contribution in [0.3, 0.4) is 0 Å². The maximum absolute atomic E-state index is 5.29. The minimum Gasteiger partial charge on any atom is -0.497 e. The van der Waals surface area contributed by atoms with E-state index in [1.54, 1.807) is 7.11 Å². The highest BCUT2D eigenvalue weighted by molar-refractivity contribution is 5.38. The topological polar surface area (TPSA) is 21.3 Å². The van der Waals surface area contributed by atoms with Gasteiger partial charge in [-0.1, -0.05) is 12.5 Å². The van der Waals surface area contributed by atoms with Crippen molar-refractivity contribution in [1.29, 1.82) is 0 Å². The fraction of sp³-hybridized carbons (Fsp3) is 0.625. The summed E-state index contributed by atoms with van der Waals surface area (Å²) < 4.78 is 5.29. The van der Waals surface area contributed by atoms with Gasteiger partial charge in [-0.25, -0.2) is 0 Å². The molecule has 2 fully saturated rings. The van der Waals surface area contributed by atoms with Gasteiger partial charge < -0.3 is 10.1 Å². The van der Waals surface area contributed by atoms with Gasteiger partial charge in [-0.2, -0.15) is 0 Å². The molecule has 0 aromatic heterocycles. The second-order valence-corrected chi connectivity index (χ2v) is 5.82. The summed E-state index contributed by atoms with van der Waals surface area (Å²) >= 11 is 0. The standard InChI is InChI=1S/C16H23NO/c1-10-9-11(18-3)7-8-12(10)16(17-2)15-13-5-4-6-14(13)15/h7-9,13-17H,4-6H2,1-3H3. The molecule has 0 bridgehead atoms. The molecule has 0 radical (unpaired) electrons. The molecule has 0 heterocycles. The maximum atomic E-state index is 5.29. The normalized spacial score (nSPS) is 30.9. The van der Waals surface area contributed by atoms with E-state index < -0.39 is 0 Å². The molecule has 2 nitrogen and oxygen atoms in total. The zero-order valence-electron chi connectivity index (χ0n) is 11.6. The molecule has 2 saturated carbocycles. The molecule has 2 aliphatic rings. The largest absolute Gasteiger partial charge is 0.497 e. The zero-order valence-corrected chi connectivity index (χ0v) is 11.6. The third-order valence-corrected chi connectivity index (χ3v) is 4.98. The van der Waals surface area contributed by atoms with Gasteiger partial charge in [-0.3, -0.25) is 0 Å². The van der Waals surface area contributed by atoms with Crippen molar-refractivity contribution in [3.05, 3.63) is 29.3 Å². The van der Waals surface area contributed by atoms with Crippen LogP contribution in [-0.4, -0.2) is 14.2 Å². The van der Waals surface area contributed by atoms with Crippen LogP contribution in [-0.2, 0) is 0 Å². The zero-order chi connectivity index (χ0) is 12.7. The predicted octanol–water partition coefficient (Wildman–Crippen LogP) is 3.31. The van der Waals surface area contributed by atoms with Crippen molar-refractivity contribution in [1.82, 2.24) is 5.32 Å². The van der Waals surface area contributed by atoms with Gasteiger partial charge in [0.2, 0.25) is 0 Å². The van der Waals surface area contributed by atoms with Crippen molar-refractivity contribution in [2.45, 2.75) is 32.2 Å². The Labute approximate surface area is 110 Å². The highest BCUT2D eigenvalue weighted by Gasteiger charge is 2.55. The quantitative estimate of drug-likeness (QED) is 0.878. The minimum atomic E-state index is 0.534. The van der Waals surface area contributed by atoms with Gasteiger partial charge in [0.1, 0.15) is 5.75 Å². The molecule has 0 spiro atoms. The fourth-order valence-corrected chi connectivity index (χ4v) is 4.05. The van der Waals surface area contributed by atoms with Crippen molar-refractivity contribution in [3.8, 4) is 5.75 Å². The van der Waals surface area contributed by atoms with Crippen molar-refractivity contribution >= 4 is 0 Å². The number of nitrogens with one attached hydrogen (secondary N) is 1. The van der Waals surface area contributed by atoms with Crippen LogP contribution >= 0.6 is 0 Å². The number of hydrogen-bond acceptors (Lipinski definition) is 2. The van der Waals surface area contributed by atoms with Crippen LogP contribution in [0.25, 0.3) is 0 Å². The van der Waals surface area contributed by atoms with E-state index in [9.17, 15) is 0 Å². The lowest BCUT2D eigenvalue weighted by molar-refractivity contribution is 0.412. The van der Waals surface area contributed by atoms with Gasteiger partial charge in [0, 0.05) is 6.04 Å². The van der Waals surface area contributed by atoms with Crippen LogP contribution < -0.4 is 10.1 Å². The first-order chi connectivity index (χ1) is 8.76. The third-order valence-electron chi connectivity index (χ3n) is 4.98. The van der Waals surface area contributed by atoms with Crippen LogP contribution in [0.5, 0.6) is 5.75 Å². The maximum Gasteiger partial charge on any atom is 0.119 e. The van der Waals surface area contributed by atoms with Gasteiger partial charge in [-0.15, -0.1) is 0 Å². The van der Waals surface area contributed by atoms with Gasteiger partial charge >= 0.3 is 0 Å². The van der Waals surface area contributed by atoms with E-state index in [0.717, 1.165) is 23.5 Å².